The Morgan fingerprint density at radius 1 is 1.36 bits per heavy atom. The lowest BCUT2D eigenvalue weighted by Crippen LogP contribution is -2.01. The largest absolute Gasteiger partial charge is 0.373 e. The first-order valence-corrected chi connectivity index (χ1v) is 6.92. The minimum Gasteiger partial charge on any atom is -0.373 e. The van der Waals surface area contributed by atoms with Crippen molar-refractivity contribution in [2.45, 2.75) is 32.8 Å². The lowest BCUT2D eigenvalue weighted by atomic mass is 10.3. The first-order valence-electron chi connectivity index (χ1n) is 5.20. The molecule has 4 nitrogen and oxygen atoms in total. The standard InChI is InChI=1S/C9H19O4P/c1-3-12-14(10,13-4-2)7-5-6-9-8-11-9/h9H,3-8H2,1-2H3. The monoisotopic (exact) mass is 222 g/mol. The van der Waals surface area contributed by atoms with Crippen LogP contribution in [-0.2, 0) is 18.3 Å². The van der Waals surface area contributed by atoms with Gasteiger partial charge >= 0.3 is 7.60 Å². The summed E-state index contributed by atoms with van der Waals surface area (Å²) in [6.07, 6.45) is 2.72. The van der Waals surface area contributed by atoms with Crippen LogP contribution in [0.4, 0.5) is 0 Å². The molecule has 0 spiro atoms. The second kappa shape index (κ2) is 5.86. The van der Waals surface area contributed by atoms with Gasteiger partial charge in [0.2, 0.25) is 0 Å². The van der Waals surface area contributed by atoms with Crippen molar-refractivity contribution in [1.29, 1.82) is 0 Å². The van der Waals surface area contributed by atoms with E-state index >= 15 is 0 Å². The van der Waals surface area contributed by atoms with Crippen LogP contribution in [-0.4, -0.2) is 32.1 Å². The Kier molecular flexibility index (Phi) is 5.10. The minimum atomic E-state index is -2.80. The fourth-order valence-electron chi connectivity index (χ4n) is 1.31. The SMILES string of the molecule is CCOP(=O)(CCCC1CO1)OCC. The molecule has 0 bridgehead atoms. The molecular weight excluding hydrogens is 203 g/mol. The van der Waals surface area contributed by atoms with Gasteiger partial charge in [-0.1, -0.05) is 0 Å². The Hall–Kier alpha value is 0.110. The summed E-state index contributed by atoms with van der Waals surface area (Å²) in [5.41, 5.74) is 0. The highest BCUT2D eigenvalue weighted by atomic mass is 31.2. The van der Waals surface area contributed by atoms with Crippen molar-refractivity contribution in [2.24, 2.45) is 0 Å². The highest BCUT2D eigenvalue weighted by Crippen LogP contribution is 2.48. The van der Waals surface area contributed by atoms with Gasteiger partial charge in [-0.25, -0.2) is 0 Å². The Labute approximate surface area is 85.5 Å². The second-order valence-electron chi connectivity index (χ2n) is 3.27. The van der Waals surface area contributed by atoms with Crippen LogP contribution >= 0.6 is 7.60 Å². The van der Waals surface area contributed by atoms with E-state index in [0.29, 0.717) is 25.5 Å². The number of rotatable bonds is 8. The zero-order valence-corrected chi connectivity index (χ0v) is 9.79. The van der Waals surface area contributed by atoms with Crippen molar-refractivity contribution < 1.29 is 18.3 Å². The third-order valence-electron chi connectivity index (χ3n) is 2.01. The summed E-state index contributed by atoms with van der Waals surface area (Å²) in [6.45, 7) is 5.40. The second-order valence-corrected chi connectivity index (χ2v) is 5.45. The fourth-order valence-corrected chi connectivity index (χ4v) is 3.00. The van der Waals surface area contributed by atoms with Crippen molar-refractivity contribution >= 4 is 7.60 Å². The predicted octanol–water partition coefficient (Wildman–Crippen LogP) is 2.43. The summed E-state index contributed by atoms with van der Waals surface area (Å²) in [6, 6.07) is 0. The normalized spacial score (nSPS) is 21.1. The van der Waals surface area contributed by atoms with Gasteiger partial charge in [0.15, 0.2) is 0 Å². The van der Waals surface area contributed by atoms with Gasteiger partial charge < -0.3 is 13.8 Å². The first kappa shape index (κ1) is 12.2. The van der Waals surface area contributed by atoms with Crippen LogP contribution in [0.5, 0.6) is 0 Å². The maximum Gasteiger partial charge on any atom is 0.330 e. The number of hydrogen-bond donors (Lipinski definition) is 0. The molecule has 0 saturated carbocycles. The summed E-state index contributed by atoms with van der Waals surface area (Å²) in [5, 5.41) is 0. The lowest BCUT2D eigenvalue weighted by Gasteiger charge is -2.16. The molecule has 0 amide bonds. The van der Waals surface area contributed by atoms with E-state index in [1.807, 2.05) is 13.8 Å². The Balaban J connectivity index is 2.21. The Morgan fingerprint density at radius 3 is 2.36 bits per heavy atom. The summed E-state index contributed by atoms with van der Waals surface area (Å²) < 4.78 is 27.3. The molecule has 0 aliphatic carbocycles. The molecule has 0 N–H and O–H groups in total. The van der Waals surface area contributed by atoms with Crippen molar-refractivity contribution in [1.82, 2.24) is 0 Å². The predicted molar refractivity (Wildman–Crippen MR) is 54.7 cm³/mol. The number of ether oxygens (including phenoxy) is 1. The molecule has 0 radical (unpaired) electrons. The van der Waals surface area contributed by atoms with Crippen molar-refractivity contribution in [2.75, 3.05) is 26.0 Å². The van der Waals surface area contributed by atoms with Gasteiger partial charge in [-0.3, -0.25) is 4.57 Å². The average Bonchev–Trinajstić information content (AvgIpc) is 2.89. The van der Waals surface area contributed by atoms with Crippen LogP contribution in [0.15, 0.2) is 0 Å². The lowest BCUT2D eigenvalue weighted by molar-refractivity contribution is 0.219. The van der Waals surface area contributed by atoms with Gasteiger partial charge in [-0.05, 0) is 26.7 Å². The van der Waals surface area contributed by atoms with Crippen LogP contribution in [0.3, 0.4) is 0 Å². The fraction of sp³-hybridized carbons (Fsp3) is 1.00. The molecule has 1 rings (SSSR count). The molecule has 0 aromatic carbocycles. The van der Waals surface area contributed by atoms with E-state index in [0.717, 1.165) is 19.4 Å². The third kappa shape index (κ3) is 4.56. The zero-order valence-electron chi connectivity index (χ0n) is 8.90. The topological polar surface area (TPSA) is 48.1 Å². The van der Waals surface area contributed by atoms with Crippen molar-refractivity contribution in [3.8, 4) is 0 Å². The average molecular weight is 222 g/mol. The molecule has 1 aliphatic rings. The minimum absolute atomic E-state index is 0.395. The van der Waals surface area contributed by atoms with E-state index in [1.54, 1.807) is 0 Å². The Bertz CT molecular complexity index is 193. The molecule has 1 atom stereocenters. The van der Waals surface area contributed by atoms with Crippen LogP contribution in [0.25, 0.3) is 0 Å². The highest BCUT2D eigenvalue weighted by Gasteiger charge is 2.26. The van der Waals surface area contributed by atoms with E-state index in [4.69, 9.17) is 13.8 Å². The van der Waals surface area contributed by atoms with Crippen molar-refractivity contribution in [3.63, 3.8) is 0 Å². The number of epoxide rings is 1. The number of hydrogen-bond acceptors (Lipinski definition) is 4. The summed E-state index contributed by atoms with van der Waals surface area (Å²) in [4.78, 5) is 0. The maximum absolute atomic E-state index is 11.9. The van der Waals surface area contributed by atoms with E-state index in [-0.39, 0.29) is 0 Å². The zero-order chi connectivity index (χ0) is 10.4. The molecule has 1 heterocycles. The highest BCUT2D eigenvalue weighted by molar-refractivity contribution is 7.53. The molecule has 1 saturated heterocycles. The molecule has 1 fully saturated rings. The van der Waals surface area contributed by atoms with E-state index in [2.05, 4.69) is 0 Å². The molecule has 1 aliphatic heterocycles. The van der Waals surface area contributed by atoms with E-state index in [1.165, 1.54) is 0 Å². The van der Waals surface area contributed by atoms with Gasteiger partial charge in [0.25, 0.3) is 0 Å². The first-order chi connectivity index (χ1) is 6.70. The van der Waals surface area contributed by atoms with Gasteiger partial charge in [0, 0.05) is 0 Å². The summed E-state index contributed by atoms with van der Waals surface area (Å²) in [7, 11) is -2.80. The summed E-state index contributed by atoms with van der Waals surface area (Å²) in [5.74, 6) is 0. The summed E-state index contributed by atoms with van der Waals surface area (Å²) >= 11 is 0. The van der Waals surface area contributed by atoms with Crippen LogP contribution in [0, 0.1) is 0 Å². The molecule has 14 heavy (non-hydrogen) atoms. The van der Waals surface area contributed by atoms with E-state index < -0.39 is 7.60 Å². The molecule has 1 unspecified atom stereocenters. The van der Waals surface area contributed by atoms with E-state index in [9.17, 15) is 4.57 Å². The van der Waals surface area contributed by atoms with Crippen LogP contribution in [0.1, 0.15) is 26.7 Å². The third-order valence-corrected chi connectivity index (χ3v) is 4.18. The van der Waals surface area contributed by atoms with Gasteiger partial charge in [-0.15, -0.1) is 0 Å². The molecule has 0 aromatic heterocycles. The molecule has 84 valence electrons. The van der Waals surface area contributed by atoms with Crippen molar-refractivity contribution in [3.05, 3.63) is 0 Å². The van der Waals surface area contributed by atoms with Crippen LogP contribution in [0.2, 0.25) is 0 Å². The quantitative estimate of drug-likeness (QED) is 0.467. The maximum atomic E-state index is 11.9. The van der Waals surface area contributed by atoms with Gasteiger partial charge in [0.1, 0.15) is 0 Å². The Morgan fingerprint density at radius 2 is 1.93 bits per heavy atom. The molecule has 0 aromatic rings. The molecule has 5 heteroatoms. The van der Waals surface area contributed by atoms with Gasteiger partial charge in [0.05, 0.1) is 32.1 Å². The van der Waals surface area contributed by atoms with Crippen LogP contribution < -0.4 is 0 Å². The molecular formula is C9H19O4P. The van der Waals surface area contributed by atoms with Gasteiger partial charge in [-0.2, -0.15) is 0 Å². The smallest absolute Gasteiger partial charge is 0.330 e.